The maximum Gasteiger partial charge on any atom is 0.223 e. The van der Waals surface area contributed by atoms with E-state index < -0.39 is 11.6 Å². The van der Waals surface area contributed by atoms with Crippen molar-refractivity contribution in [2.24, 2.45) is 11.7 Å². The molecule has 2 aliphatic rings. The summed E-state index contributed by atoms with van der Waals surface area (Å²) in [4.78, 5) is 14.7. The molecule has 3 nitrogen and oxygen atoms in total. The van der Waals surface area contributed by atoms with E-state index in [9.17, 15) is 13.6 Å². The van der Waals surface area contributed by atoms with Gasteiger partial charge in [0.1, 0.15) is 11.6 Å². The third-order valence-electron chi connectivity index (χ3n) is 5.60. The predicted octanol–water partition coefficient (Wildman–Crippen LogP) is 4.18. The SMILES string of the molecule is Cl.N[C@@H]1CCC[C@H]1CC(=O)N(Cc1ccc(F)cc1F)C1CCCC1. The van der Waals surface area contributed by atoms with Gasteiger partial charge in [-0.1, -0.05) is 25.3 Å². The molecule has 0 bridgehead atoms. The van der Waals surface area contributed by atoms with Crippen molar-refractivity contribution < 1.29 is 13.6 Å². The van der Waals surface area contributed by atoms with E-state index in [0.29, 0.717) is 12.0 Å². The van der Waals surface area contributed by atoms with Crippen LogP contribution in [0.5, 0.6) is 0 Å². The van der Waals surface area contributed by atoms with Crippen LogP contribution >= 0.6 is 12.4 Å². The van der Waals surface area contributed by atoms with Crippen molar-refractivity contribution >= 4 is 18.3 Å². The lowest BCUT2D eigenvalue weighted by molar-refractivity contribution is -0.135. The molecule has 0 aliphatic heterocycles. The number of hydrogen-bond acceptors (Lipinski definition) is 2. The summed E-state index contributed by atoms with van der Waals surface area (Å²) < 4.78 is 27.2. The zero-order valence-corrected chi connectivity index (χ0v) is 15.2. The highest BCUT2D eigenvalue weighted by molar-refractivity contribution is 5.85. The van der Waals surface area contributed by atoms with Gasteiger partial charge in [0.05, 0.1) is 0 Å². The molecule has 1 aromatic rings. The summed E-state index contributed by atoms with van der Waals surface area (Å²) in [5.41, 5.74) is 6.48. The average molecular weight is 373 g/mol. The van der Waals surface area contributed by atoms with Gasteiger partial charge in [-0.25, -0.2) is 8.78 Å². The summed E-state index contributed by atoms with van der Waals surface area (Å²) in [6.45, 7) is 0.220. The Hall–Kier alpha value is -1.20. The van der Waals surface area contributed by atoms with Gasteiger partial charge in [0.25, 0.3) is 0 Å². The van der Waals surface area contributed by atoms with Gasteiger partial charge in [0.2, 0.25) is 5.91 Å². The number of carbonyl (C=O) groups excluding carboxylic acids is 1. The fourth-order valence-electron chi connectivity index (χ4n) is 4.13. The minimum atomic E-state index is -0.591. The number of amides is 1. The van der Waals surface area contributed by atoms with Crippen LogP contribution in [0.4, 0.5) is 8.78 Å². The Kier molecular flexibility index (Phi) is 7.20. The molecule has 6 heteroatoms. The Morgan fingerprint density at radius 1 is 1.12 bits per heavy atom. The summed E-state index contributed by atoms with van der Waals surface area (Å²) in [5.74, 6) is -0.872. The van der Waals surface area contributed by atoms with Gasteiger partial charge >= 0.3 is 0 Å². The first-order valence-electron chi connectivity index (χ1n) is 9.03. The predicted molar refractivity (Wildman–Crippen MR) is 96.3 cm³/mol. The Balaban J connectivity index is 0.00000225. The molecule has 25 heavy (non-hydrogen) atoms. The average Bonchev–Trinajstić information content (AvgIpc) is 3.19. The second-order valence-corrected chi connectivity index (χ2v) is 7.25. The molecule has 2 fully saturated rings. The number of nitrogens with two attached hydrogens (primary N) is 1. The van der Waals surface area contributed by atoms with Gasteiger partial charge in [-0.15, -0.1) is 12.4 Å². The first kappa shape index (κ1) is 20.1. The highest BCUT2D eigenvalue weighted by Crippen LogP contribution is 2.31. The largest absolute Gasteiger partial charge is 0.335 e. The molecule has 140 valence electrons. The third kappa shape index (κ3) is 4.91. The Bertz CT molecular complexity index is 593. The standard InChI is InChI=1S/C19H26F2N2O.ClH/c20-15-9-8-14(17(21)11-15)12-23(16-5-1-2-6-16)19(24)10-13-4-3-7-18(13)22;/h8-9,11,13,16,18H,1-7,10,12,22H2;1H/t13-,18+;/m0./s1. The molecule has 0 heterocycles. The highest BCUT2D eigenvalue weighted by Gasteiger charge is 2.32. The van der Waals surface area contributed by atoms with E-state index in [2.05, 4.69) is 0 Å². The molecule has 1 amide bonds. The minimum Gasteiger partial charge on any atom is -0.335 e. The van der Waals surface area contributed by atoms with E-state index in [4.69, 9.17) is 5.73 Å². The number of carbonyl (C=O) groups is 1. The van der Waals surface area contributed by atoms with Crippen LogP contribution in [0.2, 0.25) is 0 Å². The van der Waals surface area contributed by atoms with Gasteiger partial charge in [0, 0.05) is 36.7 Å². The number of rotatable bonds is 5. The van der Waals surface area contributed by atoms with Crippen LogP contribution in [-0.2, 0) is 11.3 Å². The second kappa shape index (κ2) is 8.95. The smallest absolute Gasteiger partial charge is 0.223 e. The van der Waals surface area contributed by atoms with E-state index in [0.717, 1.165) is 51.0 Å². The number of hydrogen-bond donors (Lipinski definition) is 1. The van der Waals surface area contributed by atoms with E-state index in [1.165, 1.54) is 12.1 Å². The minimum absolute atomic E-state index is 0. The van der Waals surface area contributed by atoms with Crippen molar-refractivity contribution in [1.82, 2.24) is 4.90 Å². The zero-order valence-electron chi connectivity index (χ0n) is 14.4. The number of halogens is 3. The molecule has 0 aromatic heterocycles. The fourth-order valence-corrected chi connectivity index (χ4v) is 4.13. The lowest BCUT2D eigenvalue weighted by Crippen LogP contribution is -2.40. The Morgan fingerprint density at radius 3 is 2.44 bits per heavy atom. The van der Waals surface area contributed by atoms with Crippen LogP contribution in [0.3, 0.4) is 0 Å². The monoisotopic (exact) mass is 372 g/mol. The summed E-state index contributed by atoms with van der Waals surface area (Å²) in [5, 5.41) is 0. The lowest BCUT2D eigenvalue weighted by Gasteiger charge is -2.31. The van der Waals surface area contributed by atoms with Crippen LogP contribution in [0.15, 0.2) is 18.2 Å². The van der Waals surface area contributed by atoms with Crippen molar-refractivity contribution in [2.75, 3.05) is 0 Å². The van der Waals surface area contributed by atoms with Gasteiger partial charge in [-0.2, -0.15) is 0 Å². The quantitative estimate of drug-likeness (QED) is 0.842. The molecule has 0 saturated heterocycles. The summed E-state index contributed by atoms with van der Waals surface area (Å²) in [6, 6.07) is 3.85. The molecule has 2 saturated carbocycles. The van der Waals surface area contributed by atoms with Crippen molar-refractivity contribution in [3.63, 3.8) is 0 Å². The maximum absolute atomic E-state index is 14.0. The molecule has 1 aromatic carbocycles. The van der Waals surface area contributed by atoms with Gasteiger partial charge in [-0.05, 0) is 37.7 Å². The summed E-state index contributed by atoms with van der Waals surface area (Å²) >= 11 is 0. The van der Waals surface area contributed by atoms with E-state index in [1.807, 2.05) is 4.90 Å². The normalized spacial score (nSPS) is 23.5. The second-order valence-electron chi connectivity index (χ2n) is 7.25. The van der Waals surface area contributed by atoms with Crippen LogP contribution in [0.1, 0.15) is 56.9 Å². The van der Waals surface area contributed by atoms with Crippen molar-refractivity contribution in [3.8, 4) is 0 Å². The Labute approximate surface area is 154 Å². The van der Waals surface area contributed by atoms with Crippen LogP contribution < -0.4 is 5.73 Å². The molecule has 2 aliphatic carbocycles. The Morgan fingerprint density at radius 2 is 1.84 bits per heavy atom. The molecular formula is C19H27ClF2N2O. The molecule has 0 spiro atoms. The van der Waals surface area contributed by atoms with E-state index >= 15 is 0 Å². The first-order valence-corrected chi connectivity index (χ1v) is 9.03. The molecular weight excluding hydrogens is 346 g/mol. The zero-order chi connectivity index (χ0) is 17.1. The molecule has 2 atom stereocenters. The van der Waals surface area contributed by atoms with Gasteiger partial charge in [0.15, 0.2) is 0 Å². The maximum atomic E-state index is 14.0. The van der Waals surface area contributed by atoms with Crippen molar-refractivity contribution in [1.29, 1.82) is 0 Å². The van der Waals surface area contributed by atoms with Crippen LogP contribution in [-0.4, -0.2) is 22.9 Å². The number of benzene rings is 1. The third-order valence-corrected chi connectivity index (χ3v) is 5.60. The van der Waals surface area contributed by atoms with Crippen molar-refractivity contribution in [2.45, 2.75) is 70.0 Å². The lowest BCUT2D eigenvalue weighted by atomic mass is 9.98. The van der Waals surface area contributed by atoms with Gasteiger partial charge < -0.3 is 10.6 Å². The fraction of sp³-hybridized carbons (Fsp3) is 0.632. The van der Waals surface area contributed by atoms with Crippen LogP contribution in [0, 0.1) is 17.6 Å². The van der Waals surface area contributed by atoms with Gasteiger partial charge in [-0.3, -0.25) is 4.79 Å². The summed E-state index contributed by atoms with van der Waals surface area (Å²) in [7, 11) is 0. The highest BCUT2D eigenvalue weighted by atomic mass is 35.5. The molecule has 3 rings (SSSR count). The molecule has 0 unspecified atom stereocenters. The van der Waals surface area contributed by atoms with E-state index in [-0.39, 0.29) is 42.9 Å². The molecule has 2 N–H and O–H groups in total. The molecule has 0 radical (unpaired) electrons. The summed E-state index contributed by atoms with van der Waals surface area (Å²) in [6.07, 6.45) is 7.63. The van der Waals surface area contributed by atoms with Crippen molar-refractivity contribution in [3.05, 3.63) is 35.4 Å². The number of nitrogens with zero attached hydrogens (tertiary/aromatic N) is 1. The topological polar surface area (TPSA) is 46.3 Å². The van der Waals surface area contributed by atoms with E-state index in [1.54, 1.807) is 0 Å². The van der Waals surface area contributed by atoms with Crippen LogP contribution in [0.25, 0.3) is 0 Å². The first-order chi connectivity index (χ1) is 11.5.